The zero-order chi connectivity index (χ0) is 13.7. The molecule has 1 aliphatic carbocycles. The molecule has 0 radical (unpaired) electrons. The van der Waals surface area contributed by atoms with Crippen molar-refractivity contribution in [1.29, 1.82) is 0 Å². The van der Waals surface area contributed by atoms with Crippen molar-refractivity contribution < 1.29 is 0 Å². The lowest BCUT2D eigenvalue weighted by molar-refractivity contribution is 0.0997. The van der Waals surface area contributed by atoms with E-state index >= 15 is 0 Å². The van der Waals surface area contributed by atoms with Crippen molar-refractivity contribution in [3.63, 3.8) is 0 Å². The number of likely N-dealkylation sites (tertiary alicyclic amines) is 1. The summed E-state index contributed by atoms with van der Waals surface area (Å²) in [6, 6.07) is 0. The normalized spacial score (nSPS) is 26.5. The van der Waals surface area contributed by atoms with Gasteiger partial charge in [0, 0.05) is 11.9 Å². The largest absolute Gasteiger partial charge is 0.303 e. The molecule has 1 saturated carbocycles. The van der Waals surface area contributed by atoms with E-state index < -0.39 is 0 Å². The third-order valence-corrected chi connectivity index (χ3v) is 6.77. The lowest BCUT2D eigenvalue weighted by Gasteiger charge is -2.41. The first kappa shape index (κ1) is 15.8. The van der Waals surface area contributed by atoms with Crippen LogP contribution in [0.4, 0.5) is 0 Å². The maximum absolute atomic E-state index is 3.84. The Morgan fingerprint density at radius 1 is 1.05 bits per heavy atom. The van der Waals surface area contributed by atoms with Crippen molar-refractivity contribution in [2.75, 3.05) is 25.0 Å². The molecule has 0 aromatic heterocycles. The molecule has 0 bridgehead atoms. The Morgan fingerprint density at radius 2 is 1.63 bits per heavy atom. The van der Waals surface area contributed by atoms with Gasteiger partial charge in [0.1, 0.15) is 0 Å². The fourth-order valence-electron chi connectivity index (χ4n) is 4.06. The quantitative estimate of drug-likeness (QED) is 0.513. The van der Waals surface area contributed by atoms with Gasteiger partial charge in [0.05, 0.1) is 0 Å². The van der Waals surface area contributed by atoms with Crippen LogP contribution >= 0.6 is 15.9 Å². The predicted octanol–water partition coefficient (Wildman–Crippen LogP) is 5.09. The summed E-state index contributed by atoms with van der Waals surface area (Å²) < 4.78 is 0. The average molecular weight is 330 g/mol. The molecular formula is C17H32BrN. The van der Waals surface area contributed by atoms with Crippen LogP contribution in [0, 0.1) is 17.3 Å². The first-order chi connectivity index (χ1) is 9.15. The van der Waals surface area contributed by atoms with E-state index in [2.05, 4.69) is 34.7 Å². The van der Waals surface area contributed by atoms with Gasteiger partial charge in [0.15, 0.2) is 0 Å². The molecule has 1 nitrogen and oxygen atoms in total. The first-order valence-electron chi connectivity index (χ1n) is 8.43. The summed E-state index contributed by atoms with van der Waals surface area (Å²) in [6.07, 6.45) is 11.6. The molecule has 2 aliphatic rings. The van der Waals surface area contributed by atoms with Crippen LogP contribution in [0.5, 0.6) is 0 Å². The predicted molar refractivity (Wildman–Crippen MR) is 87.9 cm³/mol. The molecule has 2 rings (SSSR count). The van der Waals surface area contributed by atoms with Crippen molar-refractivity contribution in [3.05, 3.63) is 0 Å². The number of piperidine rings is 1. The molecule has 19 heavy (non-hydrogen) atoms. The number of hydrogen-bond donors (Lipinski definition) is 0. The Balaban J connectivity index is 1.85. The van der Waals surface area contributed by atoms with E-state index in [0.717, 1.165) is 11.8 Å². The van der Waals surface area contributed by atoms with Gasteiger partial charge in [-0.15, -0.1) is 0 Å². The van der Waals surface area contributed by atoms with Gasteiger partial charge in [-0.2, -0.15) is 0 Å². The van der Waals surface area contributed by atoms with E-state index in [1.165, 1.54) is 76.3 Å². The molecule has 0 aromatic carbocycles. The van der Waals surface area contributed by atoms with E-state index in [-0.39, 0.29) is 0 Å². The van der Waals surface area contributed by atoms with Gasteiger partial charge in [0.25, 0.3) is 0 Å². The SMILES string of the molecule is CC(C)C1CCN(CC2(CBr)CCCCCC2)CC1. The van der Waals surface area contributed by atoms with E-state index in [0.29, 0.717) is 5.41 Å². The van der Waals surface area contributed by atoms with Crippen molar-refractivity contribution in [3.8, 4) is 0 Å². The molecule has 2 fully saturated rings. The lowest BCUT2D eigenvalue weighted by Crippen LogP contribution is -2.43. The molecular weight excluding hydrogens is 298 g/mol. The molecule has 0 atom stereocenters. The molecule has 2 heteroatoms. The summed E-state index contributed by atoms with van der Waals surface area (Å²) in [7, 11) is 0. The highest BCUT2D eigenvalue weighted by molar-refractivity contribution is 9.09. The molecule has 1 heterocycles. The number of halogens is 1. The summed E-state index contributed by atoms with van der Waals surface area (Å²) in [5.41, 5.74) is 0.584. The van der Waals surface area contributed by atoms with Crippen LogP contribution in [0.25, 0.3) is 0 Å². The molecule has 0 spiro atoms. The third-order valence-electron chi connectivity index (χ3n) is 5.58. The van der Waals surface area contributed by atoms with Crippen LogP contribution < -0.4 is 0 Å². The zero-order valence-corrected chi connectivity index (χ0v) is 14.6. The minimum Gasteiger partial charge on any atom is -0.303 e. The Hall–Kier alpha value is 0.440. The topological polar surface area (TPSA) is 3.24 Å². The summed E-state index contributed by atoms with van der Waals surface area (Å²) in [6.45, 7) is 8.83. The van der Waals surface area contributed by atoms with Gasteiger partial charge in [-0.25, -0.2) is 0 Å². The van der Waals surface area contributed by atoms with E-state index in [1.807, 2.05) is 0 Å². The minimum absolute atomic E-state index is 0.584. The highest BCUT2D eigenvalue weighted by atomic mass is 79.9. The van der Waals surface area contributed by atoms with E-state index in [4.69, 9.17) is 0 Å². The molecule has 0 N–H and O–H groups in total. The maximum atomic E-state index is 3.84. The number of rotatable bonds is 4. The number of hydrogen-bond acceptors (Lipinski definition) is 1. The van der Waals surface area contributed by atoms with E-state index in [1.54, 1.807) is 0 Å². The first-order valence-corrected chi connectivity index (χ1v) is 9.56. The standard InChI is InChI=1S/C17H32BrN/c1-15(2)16-7-11-19(12-8-16)14-17(13-18)9-5-3-4-6-10-17/h15-16H,3-14H2,1-2H3. The lowest BCUT2D eigenvalue weighted by atomic mass is 9.80. The number of alkyl halides is 1. The molecule has 0 amide bonds. The minimum atomic E-state index is 0.584. The second-order valence-electron chi connectivity index (χ2n) is 7.41. The van der Waals surface area contributed by atoms with Crippen LogP contribution in [0.3, 0.4) is 0 Å². The van der Waals surface area contributed by atoms with Crippen LogP contribution in [0.1, 0.15) is 65.2 Å². The third kappa shape index (κ3) is 4.46. The Labute approximate surface area is 128 Å². The highest BCUT2D eigenvalue weighted by Crippen LogP contribution is 2.38. The monoisotopic (exact) mass is 329 g/mol. The van der Waals surface area contributed by atoms with Crippen molar-refractivity contribution in [1.82, 2.24) is 4.90 Å². The Bertz CT molecular complexity index is 248. The average Bonchev–Trinajstić information content (AvgIpc) is 2.65. The van der Waals surface area contributed by atoms with Gasteiger partial charge in [-0.3, -0.25) is 0 Å². The van der Waals surface area contributed by atoms with Crippen molar-refractivity contribution >= 4 is 15.9 Å². The van der Waals surface area contributed by atoms with E-state index in [9.17, 15) is 0 Å². The van der Waals surface area contributed by atoms with Gasteiger partial charge >= 0.3 is 0 Å². The van der Waals surface area contributed by atoms with Gasteiger partial charge in [-0.05, 0) is 56.0 Å². The van der Waals surface area contributed by atoms with Crippen LogP contribution in [0.2, 0.25) is 0 Å². The van der Waals surface area contributed by atoms with Gasteiger partial charge in [-0.1, -0.05) is 55.5 Å². The highest BCUT2D eigenvalue weighted by Gasteiger charge is 2.33. The Kier molecular flexibility index (Phi) is 6.20. The maximum Gasteiger partial charge on any atom is 0.0100 e. The summed E-state index contributed by atoms with van der Waals surface area (Å²) >= 11 is 3.84. The van der Waals surface area contributed by atoms with Crippen LogP contribution in [0.15, 0.2) is 0 Å². The van der Waals surface area contributed by atoms with Gasteiger partial charge in [0.2, 0.25) is 0 Å². The molecule has 1 aliphatic heterocycles. The molecule has 0 unspecified atom stereocenters. The smallest absolute Gasteiger partial charge is 0.0100 e. The van der Waals surface area contributed by atoms with Gasteiger partial charge < -0.3 is 4.90 Å². The van der Waals surface area contributed by atoms with Crippen molar-refractivity contribution in [2.45, 2.75) is 65.2 Å². The zero-order valence-electron chi connectivity index (χ0n) is 13.0. The molecule has 0 aromatic rings. The summed E-state index contributed by atoms with van der Waals surface area (Å²) in [5, 5.41) is 1.21. The molecule has 112 valence electrons. The summed E-state index contributed by atoms with van der Waals surface area (Å²) in [5.74, 6) is 1.86. The second kappa shape index (κ2) is 7.45. The summed E-state index contributed by atoms with van der Waals surface area (Å²) in [4.78, 5) is 2.77. The van der Waals surface area contributed by atoms with Crippen LogP contribution in [-0.4, -0.2) is 29.9 Å². The second-order valence-corrected chi connectivity index (χ2v) is 7.97. The Morgan fingerprint density at radius 3 is 2.11 bits per heavy atom. The van der Waals surface area contributed by atoms with Crippen molar-refractivity contribution in [2.24, 2.45) is 17.3 Å². The number of nitrogens with zero attached hydrogens (tertiary/aromatic N) is 1. The fraction of sp³-hybridized carbons (Fsp3) is 1.00. The fourth-order valence-corrected chi connectivity index (χ4v) is 4.80. The van der Waals surface area contributed by atoms with Crippen LogP contribution in [-0.2, 0) is 0 Å². The molecule has 1 saturated heterocycles.